The van der Waals surface area contributed by atoms with E-state index in [4.69, 9.17) is 0 Å². The van der Waals surface area contributed by atoms with Crippen LogP contribution in [0.5, 0.6) is 0 Å². The van der Waals surface area contributed by atoms with Crippen molar-refractivity contribution < 1.29 is 4.39 Å². The van der Waals surface area contributed by atoms with Crippen molar-refractivity contribution in [1.82, 2.24) is 5.32 Å². The molecule has 0 saturated carbocycles. The maximum absolute atomic E-state index is 14.3. The third kappa shape index (κ3) is 3.68. The molecule has 1 N–H and O–H groups in total. The zero-order valence-corrected chi connectivity index (χ0v) is 13.4. The van der Waals surface area contributed by atoms with Crippen LogP contribution >= 0.6 is 15.9 Å². The van der Waals surface area contributed by atoms with E-state index in [1.807, 2.05) is 44.2 Å². The van der Waals surface area contributed by atoms with Crippen molar-refractivity contribution in [3.05, 3.63) is 69.4 Å². The summed E-state index contributed by atoms with van der Waals surface area (Å²) in [7, 11) is 0. The molecule has 0 fully saturated rings. The number of aryl methyl sites for hydroxylation is 1. The zero-order chi connectivity index (χ0) is 14.5. The van der Waals surface area contributed by atoms with Gasteiger partial charge >= 0.3 is 0 Å². The largest absolute Gasteiger partial charge is 0.310 e. The number of hydrogen-bond donors (Lipinski definition) is 1. The molecule has 1 unspecified atom stereocenters. The Kier molecular flexibility index (Phi) is 5.32. The highest BCUT2D eigenvalue weighted by Crippen LogP contribution is 2.24. The smallest absolute Gasteiger partial charge is 0.130 e. The summed E-state index contributed by atoms with van der Waals surface area (Å²) in [6.45, 7) is 4.67. The summed E-state index contributed by atoms with van der Waals surface area (Å²) in [5.41, 5.74) is 2.64. The molecule has 106 valence electrons. The summed E-state index contributed by atoms with van der Waals surface area (Å²) in [5.74, 6) is -0.101. The average molecular weight is 336 g/mol. The highest BCUT2D eigenvalue weighted by Gasteiger charge is 2.16. The first-order valence-electron chi connectivity index (χ1n) is 6.84. The van der Waals surface area contributed by atoms with Crippen LogP contribution in [-0.4, -0.2) is 6.54 Å². The minimum Gasteiger partial charge on any atom is -0.310 e. The molecule has 0 amide bonds. The minimum atomic E-state index is -0.101. The summed E-state index contributed by atoms with van der Waals surface area (Å²) in [4.78, 5) is 0. The molecule has 0 radical (unpaired) electrons. The lowest BCUT2D eigenvalue weighted by Gasteiger charge is -2.20. The molecular weight excluding hydrogens is 317 g/mol. The van der Waals surface area contributed by atoms with E-state index in [2.05, 4.69) is 33.4 Å². The topological polar surface area (TPSA) is 12.0 Å². The van der Waals surface area contributed by atoms with Gasteiger partial charge in [0.25, 0.3) is 0 Å². The fourth-order valence-electron chi connectivity index (χ4n) is 2.33. The normalized spacial score (nSPS) is 12.4. The molecule has 0 heterocycles. The van der Waals surface area contributed by atoms with Crippen LogP contribution in [0.4, 0.5) is 4.39 Å². The molecule has 0 aliphatic carbocycles. The van der Waals surface area contributed by atoms with Crippen molar-refractivity contribution in [2.75, 3.05) is 6.54 Å². The fraction of sp³-hybridized carbons (Fsp3) is 0.294. The molecule has 20 heavy (non-hydrogen) atoms. The quantitative estimate of drug-likeness (QED) is 0.828. The van der Waals surface area contributed by atoms with Crippen LogP contribution in [0, 0.1) is 12.7 Å². The van der Waals surface area contributed by atoms with Gasteiger partial charge in [-0.15, -0.1) is 0 Å². The first kappa shape index (κ1) is 15.2. The summed E-state index contributed by atoms with van der Waals surface area (Å²) in [6.07, 6.45) is 0.779. The highest BCUT2D eigenvalue weighted by atomic mass is 79.9. The monoisotopic (exact) mass is 335 g/mol. The Morgan fingerprint density at radius 3 is 2.50 bits per heavy atom. The number of halogens is 2. The van der Waals surface area contributed by atoms with Crippen molar-refractivity contribution in [2.45, 2.75) is 26.3 Å². The second kappa shape index (κ2) is 7.00. The van der Waals surface area contributed by atoms with Crippen molar-refractivity contribution >= 4 is 15.9 Å². The third-order valence-electron chi connectivity index (χ3n) is 3.40. The van der Waals surface area contributed by atoms with Crippen molar-refractivity contribution in [3.63, 3.8) is 0 Å². The summed E-state index contributed by atoms with van der Waals surface area (Å²) in [5, 5.41) is 3.38. The molecule has 0 spiro atoms. The van der Waals surface area contributed by atoms with Gasteiger partial charge < -0.3 is 5.32 Å². The van der Waals surface area contributed by atoms with Crippen molar-refractivity contribution in [3.8, 4) is 0 Å². The molecule has 0 aromatic heterocycles. The van der Waals surface area contributed by atoms with E-state index in [9.17, 15) is 4.39 Å². The van der Waals surface area contributed by atoms with Crippen LogP contribution in [0.25, 0.3) is 0 Å². The number of nitrogens with one attached hydrogen (secondary N) is 1. The third-order valence-corrected chi connectivity index (χ3v) is 3.93. The minimum absolute atomic E-state index is 0.000996. The zero-order valence-electron chi connectivity index (χ0n) is 11.8. The molecular formula is C17H19BrFN. The number of hydrogen-bond acceptors (Lipinski definition) is 1. The van der Waals surface area contributed by atoms with Crippen molar-refractivity contribution in [1.29, 1.82) is 0 Å². The van der Waals surface area contributed by atoms with Gasteiger partial charge in [0.2, 0.25) is 0 Å². The Bertz CT molecular complexity index is 566. The van der Waals surface area contributed by atoms with E-state index in [0.29, 0.717) is 5.56 Å². The Labute approximate surface area is 128 Å². The van der Waals surface area contributed by atoms with Gasteiger partial charge in [-0.05, 0) is 43.1 Å². The Hall–Kier alpha value is -1.19. The van der Waals surface area contributed by atoms with E-state index in [0.717, 1.165) is 23.0 Å². The molecule has 0 bridgehead atoms. The average Bonchev–Trinajstić information content (AvgIpc) is 2.44. The van der Waals surface area contributed by atoms with Crippen molar-refractivity contribution in [2.24, 2.45) is 0 Å². The van der Waals surface area contributed by atoms with E-state index >= 15 is 0 Å². The lowest BCUT2D eigenvalue weighted by Crippen LogP contribution is -2.24. The molecule has 1 nitrogen and oxygen atoms in total. The maximum atomic E-state index is 14.3. The van der Waals surface area contributed by atoms with Gasteiger partial charge in [-0.25, -0.2) is 4.39 Å². The second-order valence-electron chi connectivity index (χ2n) is 4.92. The molecule has 3 heteroatoms. The van der Waals surface area contributed by atoms with Crippen LogP contribution in [-0.2, 0) is 6.42 Å². The van der Waals surface area contributed by atoms with Crippen LogP contribution in [0.2, 0.25) is 0 Å². The van der Waals surface area contributed by atoms with Gasteiger partial charge in [0.1, 0.15) is 5.82 Å². The van der Waals surface area contributed by atoms with Gasteiger partial charge in [-0.3, -0.25) is 0 Å². The predicted molar refractivity (Wildman–Crippen MR) is 85.4 cm³/mol. The van der Waals surface area contributed by atoms with E-state index in [1.165, 1.54) is 5.56 Å². The molecule has 0 aliphatic rings. The highest BCUT2D eigenvalue weighted by molar-refractivity contribution is 9.10. The number of benzene rings is 2. The van der Waals surface area contributed by atoms with Crippen LogP contribution in [0.3, 0.4) is 0 Å². The lowest BCUT2D eigenvalue weighted by atomic mass is 9.97. The fourth-order valence-corrected chi connectivity index (χ4v) is 2.60. The molecule has 1 atom stereocenters. The lowest BCUT2D eigenvalue weighted by molar-refractivity contribution is 0.507. The standard InChI is InChI=1S/C17H19BrFN/c1-3-20-16(11-13-7-9-14(18)10-8-13)15-6-4-5-12(2)17(15)19/h4-10,16,20H,3,11H2,1-2H3. The number of likely N-dealkylation sites (N-methyl/N-ethyl adjacent to an activating group) is 1. The van der Waals surface area contributed by atoms with Gasteiger partial charge in [-0.1, -0.05) is 53.2 Å². The maximum Gasteiger partial charge on any atom is 0.130 e. The van der Waals surface area contributed by atoms with Crippen LogP contribution in [0.1, 0.15) is 29.7 Å². The van der Waals surface area contributed by atoms with Gasteiger partial charge in [0.15, 0.2) is 0 Å². The second-order valence-corrected chi connectivity index (χ2v) is 5.83. The van der Waals surface area contributed by atoms with E-state index < -0.39 is 0 Å². The first-order chi connectivity index (χ1) is 9.61. The van der Waals surface area contributed by atoms with E-state index in [-0.39, 0.29) is 11.9 Å². The molecule has 2 rings (SSSR count). The van der Waals surface area contributed by atoms with Gasteiger partial charge in [-0.2, -0.15) is 0 Å². The molecule has 2 aromatic rings. The SMILES string of the molecule is CCNC(Cc1ccc(Br)cc1)c1cccc(C)c1F. The Balaban J connectivity index is 2.26. The van der Waals surface area contributed by atoms with Crippen LogP contribution in [0.15, 0.2) is 46.9 Å². The van der Waals surface area contributed by atoms with E-state index in [1.54, 1.807) is 0 Å². The number of rotatable bonds is 5. The molecule has 0 saturated heterocycles. The summed E-state index contributed by atoms with van der Waals surface area (Å²) in [6, 6.07) is 13.8. The predicted octanol–water partition coefficient (Wildman–Crippen LogP) is 4.79. The van der Waals surface area contributed by atoms with Gasteiger partial charge in [0, 0.05) is 16.1 Å². The summed E-state index contributed by atoms with van der Waals surface area (Å²) < 4.78 is 15.4. The Morgan fingerprint density at radius 2 is 1.85 bits per heavy atom. The first-order valence-corrected chi connectivity index (χ1v) is 7.64. The Morgan fingerprint density at radius 1 is 1.15 bits per heavy atom. The molecule has 2 aromatic carbocycles. The molecule has 0 aliphatic heterocycles. The summed E-state index contributed by atoms with van der Waals surface area (Å²) >= 11 is 3.43. The van der Waals surface area contributed by atoms with Crippen LogP contribution < -0.4 is 5.32 Å². The van der Waals surface area contributed by atoms with Gasteiger partial charge in [0.05, 0.1) is 0 Å².